The van der Waals surface area contributed by atoms with Gasteiger partial charge in [0.25, 0.3) is 0 Å². The Labute approximate surface area is 181 Å². The summed E-state index contributed by atoms with van der Waals surface area (Å²) in [6, 6.07) is 0. The van der Waals surface area contributed by atoms with Crippen molar-refractivity contribution in [1.29, 1.82) is 0 Å². The molecular formula is C18H22N10O4. The number of imidazole rings is 2. The summed E-state index contributed by atoms with van der Waals surface area (Å²) < 4.78 is 13.2. The van der Waals surface area contributed by atoms with Crippen LogP contribution in [0.4, 0.5) is 11.6 Å². The van der Waals surface area contributed by atoms with Gasteiger partial charge < -0.3 is 30.1 Å². The molecule has 0 aromatic carbocycles. The SMILES string of the molecule is CC(=O)OCCn1cnc2c(N)ncnc21.CC(=O)OCCn1cnc2c(N)ncnc21. The van der Waals surface area contributed by atoms with E-state index in [0.29, 0.717) is 47.1 Å². The molecule has 0 radical (unpaired) electrons. The van der Waals surface area contributed by atoms with Gasteiger partial charge in [-0.05, 0) is 0 Å². The first kappa shape index (κ1) is 22.3. The van der Waals surface area contributed by atoms with Crippen LogP contribution in [0.5, 0.6) is 0 Å². The van der Waals surface area contributed by atoms with Crippen LogP contribution in [-0.4, -0.2) is 64.2 Å². The molecule has 4 aromatic heterocycles. The summed E-state index contributed by atoms with van der Waals surface area (Å²) >= 11 is 0. The first-order chi connectivity index (χ1) is 15.4. The molecule has 0 unspecified atom stereocenters. The van der Waals surface area contributed by atoms with Gasteiger partial charge in [0.2, 0.25) is 0 Å². The number of carbonyl (C=O) groups excluding carboxylic acids is 2. The Hall–Kier alpha value is -4.36. The number of rotatable bonds is 6. The van der Waals surface area contributed by atoms with Crippen molar-refractivity contribution in [1.82, 2.24) is 39.0 Å². The van der Waals surface area contributed by atoms with Crippen LogP contribution in [-0.2, 0) is 32.2 Å². The first-order valence-electron chi connectivity index (χ1n) is 9.46. The normalized spacial score (nSPS) is 10.6. The molecule has 14 heteroatoms. The fraction of sp³-hybridized carbons (Fsp3) is 0.333. The molecule has 4 N–H and O–H groups in total. The number of fused-ring (bicyclic) bond motifs is 2. The summed E-state index contributed by atoms with van der Waals surface area (Å²) in [5.41, 5.74) is 13.7. The fourth-order valence-corrected chi connectivity index (χ4v) is 2.70. The number of aromatic nitrogens is 8. The van der Waals surface area contributed by atoms with Crippen molar-refractivity contribution >= 4 is 45.9 Å². The summed E-state index contributed by atoms with van der Waals surface area (Å²) in [6.07, 6.45) is 5.95. The average Bonchev–Trinajstić information content (AvgIpc) is 3.34. The van der Waals surface area contributed by atoms with Crippen LogP contribution < -0.4 is 11.5 Å². The molecule has 4 aromatic rings. The van der Waals surface area contributed by atoms with Crippen molar-refractivity contribution in [3.8, 4) is 0 Å². The zero-order valence-electron chi connectivity index (χ0n) is 17.5. The van der Waals surface area contributed by atoms with Crippen molar-refractivity contribution in [2.75, 3.05) is 24.7 Å². The Bertz CT molecular complexity index is 1140. The highest BCUT2D eigenvalue weighted by Gasteiger charge is 2.08. The lowest BCUT2D eigenvalue weighted by Gasteiger charge is -2.03. The Balaban J connectivity index is 0.000000181. The summed E-state index contributed by atoms with van der Waals surface area (Å²) in [4.78, 5) is 45.2. The second-order valence-electron chi connectivity index (χ2n) is 6.42. The monoisotopic (exact) mass is 442 g/mol. The van der Waals surface area contributed by atoms with Crippen LogP contribution in [0.1, 0.15) is 13.8 Å². The van der Waals surface area contributed by atoms with Gasteiger partial charge in [0.1, 0.15) is 36.9 Å². The minimum Gasteiger partial charge on any atom is -0.464 e. The summed E-state index contributed by atoms with van der Waals surface area (Å²) in [5.74, 6) is 0.0737. The number of nitrogens with two attached hydrogens (primary N) is 2. The Morgan fingerprint density at radius 3 is 1.53 bits per heavy atom. The molecule has 4 rings (SSSR count). The fourth-order valence-electron chi connectivity index (χ4n) is 2.70. The van der Waals surface area contributed by atoms with Crippen molar-refractivity contribution < 1.29 is 19.1 Å². The van der Waals surface area contributed by atoms with Gasteiger partial charge in [-0.1, -0.05) is 0 Å². The molecule has 0 saturated carbocycles. The molecule has 0 atom stereocenters. The standard InChI is InChI=1S/2C9H11N5O2/c2*1-6(15)16-3-2-14-5-13-7-8(10)11-4-12-9(7)14/h2*4-5H,2-3H2,1H3,(H2,10,11,12). The minimum absolute atomic E-state index is 0.282. The predicted octanol–water partition coefficient (Wildman–Crippen LogP) is -0.0568. The molecule has 0 saturated heterocycles. The molecule has 4 heterocycles. The van der Waals surface area contributed by atoms with E-state index in [-0.39, 0.29) is 25.2 Å². The number of anilines is 2. The molecule has 14 nitrogen and oxygen atoms in total. The maximum absolute atomic E-state index is 10.6. The maximum Gasteiger partial charge on any atom is 0.302 e. The van der Waals surface area contributed by atoms with E-state index in [1.165, 1.54) is 26.5 Å². The van der Waals surface area contributed by atoms with E-state index < -0.39 is 0 Å². The van der Waals surface area contributed by atoms with E-state index in [9.17, 15) is 9.59 Å². The number of esters is 2. The summed E-state index contributed by atoms with van der Waals surface area (Å²) in [7, 11) is 0. The lowest BCUT2D eigenvalue weighted by atomic mass is 10.5. The van der Waals surface area contributed by atoms with E-state index >= 15 is 0 Å². The largest absolute Gasteiger partial charge is 0.464 e. The van der Waals surface area contributed by atoms with E-state index in [2.05, 4.69) is 29.9 Å². The van der Waals surface area contributed by atoms with Gasteiger partial charge in [-0.2, -0.15) is 0 Å². The van der Waals surface area contributed by atoms with E-state index in [4.69, 9.17) is 20.9 Å². The molecule has 0 aliphatic heterocycles. The molecule has 168 valence electrons. The van der Waals surface area contributed by atoms with Gasteiger partial charge in [0.05, 0.1) is 25.7 Å². The van der Waals surface area contributed by atoms with Crippen molar-refractivity contribution in [2.45, 2.75) is 26.9 Å². The Morgan fingerprint density at radius 2 is 1.16 bits per heavy atom. The number of nitrogen functional groups attached to an aromatic ring is 2. The molecule has 0 bridgehead atoms. The number of nitrogens with zero attached hydrogens (tertiary/aromatic N) is 8. The van der Waals surface area contributed by atoms with Crippen LogP contribution in [0.2, 0.25) is 0 Å². The van der Waals surface area contributed by atoms with E-state index in [1.54, 1.807) is 21.8 Å². The van der Waals surface area contributed by atoms with Gasteiger partial charge in [-0.3, -0.25) is 9.59 Å². The molecule has 0 fully saturated rings. The number of hydrogen-bond donors (Lipinski definition) is 2. The predicted molar refractivity (Wildman–Crippen MR) is 113 cm³/mol. The Morgan fingerprint density at radius 1 is 0.750 bits per heavy atom. The first-order valence-corrected chi connectivity index (χ1v) is 9.46. The van der Waals surface area contributed by atoms with Gasteiger partial charge in [0, 0.05) is 13.8 Å². The summed E-state index contributed by atoms with van der Waals surface area (Å²) in [5, 5.41) is 0. The number of ether oxygens (including phenoxy) is 2. The highest BCUT2D eigenvalue weighted by atomic mass is 16.5. The van der Waals surface area contributed by atoms with Gasteiger partial charge >= 0.3 is 11.9 Å². The number of hydrogen-bond acceptors (Lipinski definition) is 12. The highest BCUT2D eigenvalue weighted by Crippen LogP contribution is 2.14. The summed E-state index contributed by atoms with van der Waals surface area (Å²) in [6.45, 7) is 4.28. The van der Waals surface area contributed by atoms with Gasteiger partial charge in [-0.25, -0.2) is 29.9 Å². The third-order valence-corrected chi connectivity index (χ3v) is 4.13. The quantitative estimate of drug-likeness (QED) is 0.379. The zero-order valence-corrected chi connectivity index (χ0v) is 17.5. The number of carbonyl (C=O) groups is 2. The van der Waals surface area contributed by atoms with Crippen LogP contribution in [0, 0.1) is 0 Å². The molecule has 0 aliphatic rings. The third kappa shape index (κ3) is 5.41. The lowest BCUT2D eigenvalue weighted by molar-refractivity contribution is -0.142. The van der Waals surface area contributed by atoms with Crippen molar-refractivity contribution in [2.24, 2.45) is 0 Å². The second kappa shape index (κ2) is 10.1. The second-order valence-corrected chi connectivity index (χ2v) is 6.42. The van der Waals surface area contributed by atoms with E-state index in [0.717, 1.165) is 0 Å². The molecular weight excluding hydrogens is 420 g/mol. The third-order valence-electron chi connectivity index (χ3n) is 4.13. The lowest BCUT2D eigenvalue weighted by Crippen LogP contribution is -2.08. The average molecular weight is 442 g/mol. The van der Waals surface area contributed by atoms with Gasteiger partial charge in [0.15, 0.2) is 22.9 Å². The zero-order chi connectivity index (χ0) is 23.1. The van der Waals surface area contributed by atoms with Crippen LogP contribution in [0.15, 0.2) is 25.3 Å². The molecule has 32 heavy (non-hydrogen) atoms. The van der Waals surface area contributed by atoms with Crippen LogP contribution >= 0.6 is 0 Å². The smallest absolute Gasteiger partial charge is 0.302 e. The highest BCUT2D eigenvalue weighted by molar-refractivity contribution is 5.81. The topological polar surface area (TPSA) is 192 Å². The molecule has 0 spiro atoms. The van der Waals surface area contributed by atoms with Crippen molar-refractivity contribution in [3.05, 3.63) is 25.3 Å². The van der Waals surface area contributed by atoms with Gasteiger partial charge in [-0.15, -0.1) is 0 Å². The molecule has 0 aliphatic carbocycles. The maximum atomic E-state index is 10.6. The van der Waals surface area contributed by atoms with Crippen molar-refractivity contribution in [3.63, 3.8) is 0 Å². The Kier molecular flexibility index (Phi) is 7.05. The minimum atomic E-state index is -0.307. The van der Waals surface area contributed by atoms with Crippen LogP contribution in [0.25, 0.3) is 22.3 Å². The van der Waals surface area contributed by atoms with Crippen LogP contribution in [0.3, 0.4) is 0 Å². The molecule has 0 amide bonds. The van der Waals surface area contributed by atoms with E-state index in [1.807, 2.05) is 0 Å².